The van der Waals surface area contributed by atoms with E-state index in [-0.39, 0.29) is 6.67 Å². The van der Waals surface area contributed by atoms with Crippen LogP contribution in [-0.2, 0) is 0 Å². The van der Waals surface area contributed by atoms with Crippen LogP contribution in [0.15, 0.2) is 0 Å². The van der Waals surface area contributed by atoms with E-state index in [1.807, 2.05) is 11.8 Å². The first-order chi connectivity index (χ1) is 5.43. The lowest BCUT2D eigenvalue weighted by Gasteiger charge is -2.21. The Kier molecular flexibility index (Phi) is 4.95. The maximum absolute atomic E-state index is 11.7. The molecule has 0 spiro atoms. The van der Waals surface area contributed by atoms with Gasteiger partial charge in [0.1, 0.15) is 0 Å². The summed E-state index contributed by atoms with van der Waals surface area (Å²) in [6.45, 7) is 2.14. The summed E-state index contributed by atoms with van der Waals surface area (Å²) in [5.74, 6) is 1.00. The van der Waals surface area contributed by atoms with Gasteiger partial charge < -0.3 is 5.32 Å². The molecule has 0 unspecified atom stereocenters. The maximum Gasteiger partial charge on any atom is 0.0902 e. The number of alkyl halides is 1. The fourth-order valence-corrected chi connectivity index (χ4v) is 2.44. The average molecular weight is 177 g/mol. The highest BCUT2D eigenvalue weighted by Crippen LogP contribution is 2.20. The lowest BCUT2D eigenvalue weighted by Crippen LogP contribution is -2.29. The third-order valence-electron chi connectivity index (χ3n) is 1.92. The monoisotopic (exact) mass is 177 g/mol. The Morgan fingerprint density at radius 2 is 2.09 bits per heavy atom. The van der Waals surface area contributed by atoms with E-state index in [1.165, 1.54) is 12.8 Å². The molecular formula is C8H16FNS. The Morgan fingerprint density at radius 1 is 1.36 bits per heavy atom. The molecule has 1 rings (SSSR count). The van der Waals surface area contributed by atoms with Crippen LogP contribution in [0.1, 0.15) is 19.3 Å². The van der Waals surface area contributed by atoms with Gasteiger partial charge >= 0.3 is 0 Å². The molecule has 0 amide bonds. The summed E-state index contributed by atoms with van der Waals surface area (Å²) in [6, 6.07) is 0. The van der Waals surface area contributed by atoms with Gasteiger partial charge in [0.05, 0.1) is 6.67 Å². The zero-order chi connectivity index (χ0) is 7.94. The highest BCUT2D eigenvalue weighted by Gasteiger charge is 2.12. The van der Waals surface area contributed by atoms with E-state index in [0.717, 1.165) is 30.5 Å². The van der Waals surface area contributed by atoms with Crippen molar-refractivity contribution in [3.05, 3.63) is 0 Å². The van der Waals surface area contributed by atoms with Crippen LogP contribution >= 0.6 is 11.8 Å². The summed E-state index contributed by atoms with van der Waals surface area (Å²) in [6.07, 6.45) is 3.25. The Hall–Kier alpha value is 0.240. The Morgan fingerprint density at radius 3 is 2.73 bits per heavy atom. The number of thioether (sulfide) groups is 1. The van der Waals surface area contributed by atoms with Gasteiger partial charge in [-0.2, -0.15) is 11.8 Å². The molecule has 0 bridgehead atoms. The highest BCUT2D eigenvalue weighted by molar-refractivity contribution is 7.99. The van der Waals surface area contributed by atoms with Crippen molar-refractivity contribution in [3.63, 3.8) is 0 Å². The van der Waals surface area contributed by atoms with E-state index in [2.05, 4.69) is 5.32 Å². The van der Waals surface area contributed by atoms with Crippen LogP contribution in [0.4, 0.5) is 4.39 Å². The van der Waals surface area contributed by atoms with Crippen molar-refractivity contribution < 1.29 is 4.39 Å². The quantitative estimate of drug-likeness (QED) is 0.657. The van der Waals surface area contributed by atoms with Gasteiger partial charge in [0.25, 0.3) is 0 Å². The van der Waals surface area contributed by atoms with Gasteiger partial charge in [-0.3, -0.25) is 4.39 Å². The van der Waals surface area contributed by atoms with Crippen LogP contribution in [0, 0.1) is 0 Å². The van der Waals surface area contributed by atoms with Gasteiger partial charge in [-0.05, 0) is 38.1 Å². The maximum atomic E-state index is 11.7. The predicted octanol–water partition coefficient (Wildman–Crippen LogP) is 1.83. The fourth-order valence-electron chi connectivity index (χ4n) is 1.27. The van der Waals surface area contributed by atoms with Crippen molar-refractivity contribution in [1.82, 2.24) is 5.32 Å². The molecule has 1 heterocycles. The average Bonchev–Trinajstić information content (AvgIpc) is 2.07. The van der Waals surface area contributed by atoms with Crippen molar-refractivity contribution in [3.8, 4) is 0 Å². The topological polar surface area (TPSA) is 12.0 Å². The third-order valence-corrected chi connectivity index (χ3v) is 3.38. The van der Waals surface area contributed by atoms with Crippen LogP contribution in [0.5, 0.6) is 0 Å². The van der Waals surface area contributed by atoms with Crippen molar-refractivity contribution in [2.24, 2.45) is 0 Å². The first kappa shape index (κ1) is 9.33. The van der Waals surface area contributed by atoms with Gasteiger partial charge in [0, 0.05) is 5.25 Å². The first-order valence-corrected chi connectivity index (χ1v) is 5.36. The second kappa shape index (κ2) is 5.84. The number of hydrogen-bond acceptors (Lipinski definition) is 2. The molecule has 0 aromatic rings. The summed E-state index contributed by atoms with van der Waals surface area (Å²) in [7, 11) is 0. The summed E-state index contributed by atoms with van der Waals surface area (Å²) in [5, 5.41) is 4.11. The first-order valence-electron chi connectivity index (χ1n) is 4.32. The van der Waals surface area contributed by atoms with Crippen molar-refractivity contribution in [1.29, 1.82) is 0 Å². The minimum Gasteiger partial charge on any atom is -0.317 e. The summed E-state index contributed by atoms with van der Waals surface area (Å²) in [4.78, 5) is 0. The number of piperidine rings is 1. The molecule has 3 heteroatoms. The standard InChI is InChI=1S/C8H16FNS/c9-4-1-7-11-8-2-5-10-6-3-8/h8,10H,1-7H2. The molecule has 1 nitrogen and oxygen atoms in total. The number of rotatable bonds is 4. The summed E-state index contributed by atoms with van der Waals surface area (Å²) >= 11 is 1.94. The van der Waals surface area contributed by atoms with E-state index in [1.54, 1.807) is 0 Å². The molecule has 0 aromatic heterocycles. The van der Waals surface area contributed by atoms with Crippen molar-refractivity contribution >= 4 is 11.8 Å². The SMILES string of the molecule is FCCCSC1CCNCC1. The molecule has 0 atom stereocenters. The summed E-state index contributed by atoms with van der Waals surface area (Å²) < 4.78 is 11.7. The smallest absolute Gasteiger partial charge is 0.0902 e. The van der Waals surface area contributed by atoms with Gasteiger partial charge in [-0.25, -0.2) is 0 Å². The molecule has 0 aliphatic carbocycles. The largest absolute Gasteiger partial charge is 0.317 e. The highest BCUT2D eigenvalue weighted by atomic mass is 32.2. The van der Waals surface area contributed by atoms with Crippen LogP contribution in [0.25, 0.3) is 0 Å². The van der Waals surface area contributed by atoms with Crippen molar-refractivity contribution in [2.45, 2.75) is 24.5 Å². The number of hydrogen-bond donors (Lipinski definition) is 1. The molecule has 66 valence electrons. The zero-order valence-corrected chi connectivity index (χ0v) is 7.63. The Labute approximate surface area is 72.1 Å². The van der Waals surface area contributed by atoms with E-state index in [9.17, 15) is 4.39 Å². The number of nitrogens with one attached hydrogen (secondary N) is 1. The van der Waals surface area contributed by atoms with Crippen LogP contribution in [-0.4, -0.2) is 30.8 Å². The van der Waals surface area contributed by atoms with E-state index in [0.29, 0.717) is 0 Å². The van der Waals surface area contributed by atoms with Crippen LogP contribution in [0.2, 0.25) is 0 Å². The van der Waals surface area contributed by atoms with E-state index >= 15 is 0 Å². The molecule has 11 heavy (non-hydrogen) atoms. The van der Waals surface area contributed by atoms with Gasteiger partial charge in [0.15, 0.2) is 0 Å². The van der Waals surface area contributed by atoms with E-state index in [4.69, 9.17) is 0 Å². The normalized spacial score (nSPS) is 20.5. The molecular weight excluding hydrogens is 161 g/mol. The molecule has 1 aliphatic heterocycles. The molecule has 1 aliphatic rings. The molecule has 1 saturated heterocycles. The predicted molar refractivity (Wildman–Crippen MR) is 48.9 cm³/mol. The van der Waals surface area contributed by atoms with E-state index < -0.39 is 0 Å². The Balaban J connectivity index is 1.96. The van der Waals surface area contributed by atoms with Crippen LogP contribution in [0.3, 0.4) is 0 Å². The minimum atomic E-state index is -0.155. The second-order valence-electron chi connectivity index (χ2n) is 2.86. The molecule has 0 radical (unpaired) electrons. The molecule has 1 N–H and O–H groups in total. The zero-order valence-electron chi connectivity index (χ0n) is 6.81. The molecule has 0 aromatic carbocycles. The van der Waals surface area contributed by atoms with Crippen molar-refractivity contribution in [2.75, 3.05) is 25.5 Å². The molecule has 1 fully saturated rings. The lowest BCUT2D eigenvalue weighted by molar-refractivity contribution is 0.488. The summed E-state index contributed by atoms with van der Waals surface area (Å²) in [5.41, 5.74) is 0. The minimum absolute atomic E-state index is 0.155. The van der Waals surface area contributed by atoms with Gasteiger partial charge in [-0.15, -0.1) is 0 Å². The van der Waals surface area contributed by atoms with Gasteiger partial charge in [0.2, 0.25) is 0 Å². The lowest BCUT2D eigenvalue weighted by atomic mass is 10.2. The number of halogens is 1. The van der Waals surface area contributed by atoms with Crippen LogP contribution < -0.4 is 5.32 Å². The van der Waals surface area contributed by atoms with Gasteiger partial charge in [-0.1, -0.05) is 0 Å². The Bertz CT molecular complexity index is 94.1. The second-order valence-corrected chi connectivity index (χ2v) is 4.27. The fraction of sp³-hybridized carbons (Fsp3) is 1.00. The molecule has 0 saturated carbocycles. The third kappa shape index (κ3) is 3.97.